The molecule has 1 N–H and O–H groups in total. The number of nitrogens with one attached hydrogen (secondary N) is 1. The Morgan fingerprint density at radius 2 is 2.11 bits per heavy atom. The van der Waals surface area contributed by atoms with E-state index >= 15 is 0 Å². The van der Waals surface area contributed by atoms with Gasteiger partial charge in [-0.25, -0.2) is 0 Å². The van der Waals surface area contributed by atoms with Gasteiger partial charge in [-0.2, -0.15) is 0 Å². The van der Waals surface area contributed by atoms with E-state index in [0.717, 1.165) is 29.2 Å². The smallest absolute Gasteiger partial charge is 0.0594 e. The van der Waals surface area contributed by atoms with Crippen LogP contribution in [-0.4, -0.2) is 19.3 Å². The van der Waals surface area contributed by atoms with Gasteiger partial charge >= 0.3 is 0 Å². The van der Waals surface area contributed by atoms with Crippen LogP contribution in [0.4, 0.5) is 0 Å². The molecule has 1 fully saturated rings. The zero-order chi connectivity index (χ0) is 12.8. The van der Waals surface area contributed by atoms with Crippen LogP contribution in [0.15, 0.2) is 22.7 Å². The van der Waals surface area contributed by atoms with Gasteiger partial charge < -0.3 is 10.1 Å². The summed E-state index contributed by atoms with van der Waals surface area (Å²) < 4.78 is 6.74. The van der Waals surface area contributed by atoms with Crippen molar-refractivity contribution in [2.24, 2.45) is 0 Å². The molecular formula is C14H19BrClNO. The summed E-state index contributed by atoms with van der Waals surface area (Å²) in [6, 6.07) is 6.00. The summed E-state index contributed by atoms with van der Waals surface area (Å²) in [5.74, 6) is 0. The number of hydrogen-bond acceptors (Lipinski definition) is 2. The fraction of sp³-hybridized carbons (Fsp3) is 0.571. The second-order valence-electron chi connectivity index (χ2n) is 4.70. The maximum atomic E-state index is 5.95. The third-order valence-corrected chi connectivity index (χ3v) is 4.46. The minimum atomic E-state index is 0.511. The van der Waals surface area contributed by atoms with Crippen molar-refractivity contribution in [1.29, 1.82) is 0 Å². The highest BCUT2D eigenvalue weighted by molar-refractivity contribution is 9.10. The molecule has 0 bridgehead atoms. The first kappa shape index (κ1) is 14.3. The van der Waals surface area contributed by atoms with Crippen LogP contribution >= 0.6 is 27.5 Å². The van der Waals surface area contributed by atoms with Crippen LogP contribution in [0.2, 0.25) is 5.02 Å². The van der Waals surface area contributed by atoms with Gasteiger partial charge in [-0.05, 0) is 46.5 Å². The molecule has 1 aromatic carbocycles. The molecule has 2 rings (SSSR count). The van der Waals surface area contributed by atoms with Crippen molar-refractivity contribution in [3.63, 3.8) is 0 Å². The van der Waals surface area contributed by atoms with E-state index in [2.05, 4.69) is 21.2 Å². The molecule has 18 heavy (non-hydrogen) atoms. The second-order valence-corrected chi connectivity index (χ2v) is 5.96. The number of ether oxygens (including phenoxy) is 1. The van der Waals surface area contributed by atoms with E-state index in [1.54, 1.807) is 0 Å². The van der Waals surface area contributed by atoms with Gasteiger partial charge in [0.1, 0.15) is 0 Å². The van der Waals surface area contributed by atoms with Crippen molar-refractivity contribution < 1.29 is 4.74 Å². The van der Waals surface area contributed by atoms with E-state index in [0.29, 0.717) is 6.10 Å². The van der Waals surface area contributed by atoms with Crippen LogP contribution < -0.4 is 5.32 Å². The highest BCUT2D eigenvalue weighted by Crippen LogP contribution is 2.23. The molecule has 1 aliphatic carbocycles. The van der Waals surface area contributed by atoms with Crippen LogP contribution in [0.5, 0.6) is 0 Å². The van der Waals surface area contributed by atoms with E-state index in [-0.39, 0.29) is 0 Å². The van der Waals surface area contributed by atoms with E-state index < -0.39 is 0 Å². The summed E-state index contributed by atoms with van der Waals surface area (Å²) >= 11 is 9.38. The summed E-state index contributed by atoms with van der Waals surface area (Å²) in [4.78, 5) is 0. The molecule has 2 nitrogen and oxygen atoms in total. The van der Waals surface area contributed by atoms with Gasteiger partial charge in [-0.1, -0.05) is 30.5 Å². The molecule has 0 radical (unpaired) electrons. The van der Waals surface area contributed by atoms with E-state index in [4.69, 9.17) is 16.3 Å². The Kier molecular flexibility index (Phi) is 5.96. The summed E-state index contributed by atoms with van der Waals surface area (Å²) in [5, 5.41) is 4.14. The average molecular weight is 333 g/mol. The largest absolute Gasteiger partial charge is 0.377 e. The molecule has 1 saturated carbocycles. The summed E-state index contributed by atoms with van der Waals surface area (Å²) in [5.41, 5.74) is 1.23. The molecule has 0 spiro atoms. The van der Waals surface area contributed by atoms with Crippen LogP contribution in [0, 0.1) is 0 Å². The molecule has 0 atom stereocenters. The third-order valence-electron chi connectivity index (χ3n) is 3.25. The highest BCUT2D eigenvalue weighted by Gasteiger charge is 2.14. The van der Waals surface area contributed by atoms with E-state index in [9.17, 15) is 0 Å². The van der Waals surface area contributed by atoms with Crippen molar-refractivity contribution >= 4 is 27.5 Å². The Balaban J connectivity index is 1.61. The van der Waals surface area contributed by atoms with Gasteiger partial charge in [0.05, 0.1) is 17.7 Å². The lowest BCUT2D eigenvalue weighted by molar-refractivity contribution is 0.0603. The third kappa shape index (κ3) is 4.54. The lowest BCUT2D eigenvalue weighted by Crippen LogP contribution is -2.21. The lowest BCUT2D eigenvalue weighted by Gasteiger charge is -2.11. The molecule has 4 heteroatoms. The van der Waals surface area contributed by atoms with Crippen LogP contribution in [0.3, 0.4) is 0 Å². The monoisotopic (exact) mass is 331 g/mol. The van der Waals surface area contributed by atoms with Gasteiger partial charge in [0.15, 0.2) is 0 Å². The molecule has 1 aliphatic rings. The van der Waals surface area contributed by atoms with Crippen molar-refractivity contribution in [2.45, 2.75) is 38.3 Å². The van der Waals surface area contributed by atoms with Crippen molar-refractivity contribution in [1.82, 2.24) is 5.32 Å². The zero-order valence-corrected chi connectivity index (χ0v) is 12.8. The first-order chi connectivity index (χ1) is 8.75. The highest BCUT2D eigenvalue weighted by atomic mass is 79.9. The Hall–Kier alpha value is -0.0900. The van der Waals surface area contributed by atoms with Gasteiger partial charge in [0.25, 0.3) is 0 Å². The zero-order valence-electron chi connectivity index (χ0n) is 10.4. The molecular weight excluding hydrogens is 314 g/mol. The van der Waals surface area contributed by atoms with Gasteiger partial charge in [0.2, 0.25) is 0 Å². The van der Waals surface area contributed by atoms with Gasteiger partial charge in [-0.3, -0.25) is 0 Å². The molecule has 0 aliphatic heterocycles. The Morgan fingerprint density at radius 3 is 2.83 bits per heavy atom. The fourth-order valence-corrected chi connectivity index (χ4v) is 2.78. The molecule has 1 aromatic rings. The van der Waals surface area contributed by atoms with Gasteiger partial charge in [0, 0.05) is 17.6 Å². The van der Waals surface area contributed by atoms with Crippen LogP contribution in [-0.2, 0) is 11.3 Å². The van der Waals surface area contributed by atoms with Crippen LogP contribution in [0.1, 0.15) is 31.2 Å². The van der Waals surface area contributed by atoms with Crippen molar-refractivity contribution in [3.8, 4) is 0 Å². The summed E-state index contributed by atoms with van der Waals surface area (Å²) in [7, 11) is 0. The topological polar surface area (TPSA) is 21.3 Å². The minimum Gasteiger partial charge on any atom is -0.377 e. The molecule has 0 amide bonds. The molecule has 0 saturated heterocycles. The Bertz CT molecular complexity index is 380. The molecule has 0 heterocycles. The Labute approximate surface area is 122 Å². The van der Waals surface area contributed by atoms with E-state index in [1.165, 1.54) is 31.2 Å². The Morgan fingerprint density at radius 1 is 1.33 bits per heavy atom. The molecule has 100 valence electrons. The number of halogens is 2. The number of benzene rings is 1. The molecule has 0 aromatic heterocycles. The lowest BCUT2D eigenvalue weighted by atomic mass is 10.2. The first-order valence-corrected chi connectivity index (χ1v) is 7.69. The van der Waals surface area contributed by atoms with Gasteiger partial charge in [-0.15, -0.1) is 0 Å². The fourth-order valence-electron chi connectivity index (χ4n) is 2.24. The standard InChI is InChI=1S/C14H19BrClNO/c15-13-9-11(5-6-14(13)16)10-17-7-8-18-12-3-1-2-4-12/h5-6,9,12,17H,1-4,7-8,10H2. The van der Waals surface area contributed by atoms with Crippen molar-refractivity contribution in [2.75, 3.05) is 13.2 Å². The van der Waals surface area contributed by atoms with Crippen molar-refractivity contribution in [3.05, 3.63) is 33.3 Å². The second kappa shape index (κ2) is 7.49. The summed E-state index contributed by atoms with van der Waals surface area (Å²) in [6.45, 7) is 2.56. The normalized spacial score (nSPS) is 16.3. The predicted molar refractivity (Wildman–Crippen MR) is 79.1 cm³/mol. The van der Waals surface area contributed by atoms with E-state index in [1.807, 2.05) is 18.2 Å². The minimum absolute atomic E-state index is 0.511. The maximum Gasteiger partial charge on any atom is 0.0594 e. The summed E-state index contributed by atoms with van der Waals surface area (Å²) in [6.07, 6.45) is 5.65. The molecule has 0 unspecified atom stereocenters. The predicted octanol–water partition coefficient (Wildman–Crippen LogP) is 4.15. The SMILES string of the molecule is Clc1ccc(CNCCOC2CCCC2)cc1Br. The first-order valence-electron chi connectivity index (χ1n) is 6.52. The number of rotatable bonds is 6. The quantitative estimate of drug-likeness (QED) is 0.790. The van der Waals surface area contributed by atoms with Crippen LogP contribution in [0.25, 0.3) is 0 Å². The number of hydrogen-bond donors (Lipinski definition) is 1. The maximum absolute atomic E-state index is 5.95. The average Bonchev–Trinajstić information content (AvgIpc) is 2.86.